The van der Waals surface area contributed by atoms with Gasteiger partial charge < -0.3 is 14.6 Å². The molecule has 0 radical (unpaired) electrons. The average molecular weight is 324 g/mol. The first-order valence-electron chi connectivity index (χ1n) is 5.60. The summed E-state index contributed by atoms with van der Waals surface area (Å²) in [5.41, 5.74) is 0.989. The van der Waals surface area contributed by atoms with Gasteiger partial charge in [-0.3, -0.25) is 0 Å². The van der Waals surface area contributed by atoms with Crippen molar-refractivity contribution >= 4 is 27.3 Å². The van der Waals surface area contributed by atoms with Crippen LogP contribution in [0.2, 0.25) is 0 Å². The van der Waals surface area contributed by atoms with Crippen LogP contribution in [0.15, 0.2) is 9.72 Å². The lowest BCUT2D eigenvalue weighted by atomic mass is 10.2. The van der Waals surface area contributed by atoms with E-state index in [0.717, 1.165) is 18.4 Å². The second kappa shape index (κ2) is 7.64. The lowest BCUT2D eigenvalue weighted by Crippen LogP contribution is -2.38. The molecule has 114 valence electrons. The van der Waals surface area contributed by atoms with E-state index in [2.05, 4.69) is 14.4 Å². The molecule has 0 aromatic carbocycles. The number of nitrogens with zero attached hydrogens (tertiary/aromatic N) is 1. The Bertz CT molecular complexity index is 536. The highest BCUT2D eigenvalue weighted by Gasteiger charge is 2.28. The molecule has 0 saturated carbocycles. The lowest BCUT2D eigenvalue weighted by molar-refractivity contribution is 0.0590. The fourth-order valence-corrected chi connectivity index (χ4v) is 3.87. The van der Waals surface area contributed by atoms with Gasteiger partial charge in [0.05, 0.1) is 19.2 Å². The number of carbonyl (C=O) groups is 1. The summed E-state index contributed by atoms with van der Waals surface area (Å²) in [7, 11) is -1.37. The zero-order valence-electron chi connectivity index (χ0n) is 11.0. The number of thiazole rings is 1. The highest BCUT2D eigenvalue weighted by Crippen LogP contribution is 2.21. The molecular formula is C10H16N2O6S2. The Hall–Kier alpha value is -1.07. The van der Waals surface area contributed by atoms with Gasteiger partial charge in [-0.1, -0.05) is 0 Å². The first kappa shape index (κ1) is 17.0. The lowest BCUT2D eigenvalue weighted by Gasteiger charge is -2.16. The Balaban J connectivity index is 2.98. The summed E-state index contributed by atoms with van der Waals surface area (Å²) in [6, 6.07) is -0.595. The van der Waals surface area contributed by atoms with Gasteiger partial charge in [-0.15, -0.1) is 11.3 Å². The van der Waals surface area contributed by atoms with Crippen LogP contribution >= 0.6 is 11.3 Å². The van der Waals surface area contributed by atoms with E-state index in [-0.39, 0.29) is 29.5 Å². The minimum absolute atomic E-state index is 0.103. The second-order valence-corrected chi connectivity index (χ2v) is 6.53. The standard InChI is InChI=1S/C10H16N2O6S2/c1-17-5-7(3-4-13)12-20(15,16)10-8(9(14)18-2)11-6-19-10/h6-7,12-13H,3-5H2,1-2H3. The smallest absolute Gasteiger partial charge is 0.358 e. The number of aromatic nitrogens is 1. The Morgan fingerprint density at radius 1 is 1.55 bits per heavy atom. The summed E-state index contributed by atoms with van der Waals surface area (Å²) in [6.07, 6.45) is 0.194. The van der Waals surface area contributed by atoms with Crippen LogP contribution < -0.4 is 4.72 Å². The molecule has 0 aliphatic heterocycles. The molecule has 20 heavy (non-hydrogen) atoms. The summed E-state index contributed by atoms with van der Waals surface area (Å²) in [6.45, 7) is -0.0880. The van der Waals surface area contributed by atoms with Crippen LogP contribution in [0.5, 0.6) is 0 Å². The number of esters is 1. The fraction of sp³-hybridized carbons (Fsp3) is 0.600. The van der Waals surface area contributed by atoms with E-state index in [9.17, 15) is 13.2 Å². The largest absolute Gasteiger partial charge is 0.464 e. The Morgan fingerprint density at radius 2 is 2.25 bits per heavy atom. The van der Waals surface area contributed by atoms with Crippen molar-refractivity contribution in [3.63, 3.8) is 0 Å². The van der Waals surface area contributed by atoms with Crippen molar-refractivity contribution in [3.05, 3.63) is 11.2 Å². The van der Waals surface area contributed by atoms with Crippen LogP contribution in [-0.4, -0.2) is 58.0 Å². The number of sulfonamides is 1. The van der Waals surface area contributed by atoms with Crippen molar-refractivity contribution in [2.75, 3.05) is 27.4 Å². The van der Waals surface area contributed by atoms with Crippen LogP contribution in [0.3, 0.4) is 0 Å². The van der Waals surface area contributed by atoms with Crippen molar-refractivity contribution in [1.29, 1.82) is 0 Å². The number of hydrogen-bond donors (Lipinski definition) is 2. The summed E-state index contributed by atoms with van der Waals surface area (Å²) >= 11 is 0.813. The Labute approximate surface area is 120 Å². The van der Waals surface area contributed by atoms with E-state index in [1.165, 1.54) is 12.6 Å². The zero-order chi connectivity index (χ0) is 15.2. The number of rotatable bonds is 8. The average Bonchev–Trinajstić information content (AvgIpc) is 2.88. The van der Waals surface area contributed by atoms with Crippen LogP contribution in [0.4, 0.5) is 0 Å². The van der Waals surface area contributed by atoms with Gasteiger partial charge in [-0.2, -0.15) is 0 Å². The maximum atomic E-state index is 12.2. The van der Waals surface area contributed by atoms with Crippen LogP contribution in [0.25, 0.3) is 0 Å². The molecule has 1 atom stereocenters. The molecular weight excluding hydrogens is 308 g/mol. The van der Waals surface area contributed by atoms with Gasteiger partial charge in [-0.05, 0) is 6.42 Å². The third-order valence-corrected chi connectivity index (χ3v) is 5.22. The van der Waals surface area contributed by atoms with Gasteiger partial charge in [0.2, 0.25) is 0 Å². The van der Waals surface area contributed by atoms with Gasteiger partial charge >= 0.3 is 5.97 Å². The number of aliphatic hydroxyl groups excluding tert-OH is 1. The van der Waals surface area contributed by atoms with Gasteiger partial charge in [0.15, 0.2) is 9.90 Å². The number of aliphatic hydroxyl groups is 1. The normalized spacial score (nSPS) is 13.2. The number of nitrogens with one attached hydrogen (secondary N) is 1. The van der Waals surface area contributed by atoms with Crippen LogP contribution in [0, 0.1) is 0 Å². The monoisotopic (exact) mass is 324 g/mol. The van der Waals surface area contributed by atoms with Crippen molar-refractivity contribution in [2.24, 2.45) is 0 Å². The van der Waals surface area contributed by atoms with E-state index in [4.69, 9.17) is 9.84 Å². The minimum atomic E-state index is -3.93. The van der Waals surface area contributed by atoms with Crippen LogP contribution in [-0.2, 0) is 19.5 Å². The number of carbonyl (C=O) groups excluding carboxylic acids is 1. The van der Waals surface area contributed by atoms with E-state index in [1.54, 1.807) is 0 Å². The van der Waals surface area contributed by atoms with Crippen molar-refractivity contribution in [2.45, 2.75) is 16.7 Å². The fourth-order valence-electron chi connectivity index (χ4n) is 1.47. The van der Waals surface area contributed by atoms with E-state index < -0.39 is 22.0 Å². The summed E-state index contributed by atoms with van der Waals surface area (Å²) < 4.78 is 35.9. The molecule has 0 amide bonds. The highest BCUT2D eigenvalue weighted by molar-refractivity contribution is 7.91. The topological polar surface area (TPSA) is 115 Å². The first-order chi connectivity index (χ1) is 9.46. The number of hydrogen-bond acceptors (Lipinski definition) is 8. The molecule has 0 saturated heterocycles. The van der Waals surface area contributed by atoms with E-state index in [0.29, 0.717) is 0 Å². The molecule has 8 nitrogen and oxygen atoms in total. The highest BCUT2D eigenvalue weighted by atomic mass is 32.2. The molecule has 0 bridgehead atoms. The predicted octanol–water partition coefficient (Wildman–Crippen LogP) is -0.395. The molecule has 2 N–H and O–H groups in total. The summed E-state index contributed by atoms with van der Waals surface area (Å²) in [4.78, 5) is 15.1. The third kappa shape index (κ3) is 4.21. The summed E-state index contributed by atoms with van der Waals surface area (Å²) in [5, 5.41) is 8.90. The predicted molar refractivity (Wildman–Crippen MR) is 71.1 cm³/mol. The molecule has 0 spiro atoms. The van der Waals surface area contributed by atoms with Gasteiger partial charge in [0.1, 0.15) is 0 Å². The second-order valence-electron chi connectivity index (χ2n) is 3.77. The molecule has 1 heterocycles. The number of methoxy groups -OCH3 is 2. The van der Waals surface area contributed by atoms with Gasteiger partial charge in [0, 0.05) is 19.8 Å². The molecule has 1 rings (SSSR count). The minimum Gasteiger partial charge on any atom is -0.464 e. The molecule has 0 aliphatic rings. The Kier molecular flexibility index (Phi) is 6.49. The van der Waals surface area contributed by atoms with E-state index in [1.807, 2.05) is 0 Å². The first-order valence-corrected chi connectivity index (χ1v) is 7.96. The third-order valence-electron chi connectivity index (χ3n) is 2.32. The van der Waals surface area contributed by atoms with Gasteiger partial charge in [-0.25, -0.2) is 22.9 Å². The van der Waals surface area contributed by atoms with Gasteiger partial charge in [0.25, 0.3) is 10.0 Å². The molecule has 0 aliphatic carbocycles. The van der Waals surface area contributed by atoms with Crippen molar-refractivity contribution < 1.29 is 27.8 Å². The quantitative estimate of drug-likeness (QED) is 0.625. The Morgan fingerprint density at radius 3 is 2.80 bits per heavy atom. The van der Waals surface area contributed by atoms with Crippen LogP contribution in [0.1, 0.15) is 16.9 Å². The van der Waals surface area contributed by atoms with Crippen molar-refractivity contribution in [1.82, 2.24) is 9.71 Å². The number of ether oxygens (including phenoxy) is 2. The molecule has 1 aromatic heterocycles. The summed E-state index contributed by atoms with van der Waals surface area (Å²) in [5.74, 6) is -0.822. The molecule has 0 fully saturated rings. The van der Waals surface area contributed by atoms with Crippen molar-refractivity contribution in [3.8, 4) is 0 Å². The molecule has 1 unspecified atom stereocenters. The molecule has 10 heteroatoms. The van der Waals surface area contributed by atoms with E-state index >= 15 is 0 Å². The zero-order valence-corrected chi connectivity index (χ0v) is 12.7. The maximum absolute atomic E-state index is 12.2. The SMILES string of the molecule is COCC(CCO)NS(=O)(=O)c1scnc1C(=O)OC. The maximum Gasteiger partial charge on any atom is 0.358 e. The molecule has 1 aromatic rings.